The van der Waals surface area contributed by atoms with Crippen LogP contribution in [0.3, 0.4) is 0 Å². The largest absolute Gasteiger partial charge is 0.409 e. The number of hydrogen-bond acceptors (Lipinski definition) is 3. The molecule has 0 atom stereocenters. The van der Waals surface area contributed by atoms with Crippen LogP contribution in [0.15, 0.2) is 29.4 Å². The molecule has 0 fully saturated rings. The zero-order valence-corrected chi connectivity index (χ0v) is 11.9. The lowest BCUT2D eigenvalue weighted by Crippen LogP contribution is -2.16. The lowest BCUT2D eigenvalue weighted by molar-refractivity contribution is 0.318. The number of unbranched alkanes of at least 4 members (excludes halogenated alkanes) is 1. The standard InChI is InChI=1S/C15H25N3O/c1-12(2)5-3-4-10-17-11-13-6-8-14(9-7-13)15(16)18-19/h6-9,12,17,19H,3-5,10-11H2,1-2H3,(H2,16,18). The van der Waals surface area contributed by atoms with Gasteiger partial charge in [0.15, 0.2) is 5.84 Å². The van der Waals surface area contributed by atoms with Crippen LogP contribution in [0.1, 0.15) is 44.2 Å². The van der Waals surface area contributed by atoms with Gasteiger partial charge >= 0.3 is 0 Å². The Labute approximate surface area is 115 Å². The third kappa shape index (κ3) is 6.25. The minimum absolute atomic E-state index is 0.146. The van der Waals surface area contributed by atoms with E-state index in [4.69, 9.17) is 10.9 Å². The van der Waals surface area contributed by atoms with E-state index in [1.165, 1.54) is 24.8 Å². The van der Waals surface area contributed by atoms with Crippen molar-refractivity contribution in [2.24, 2.45) is 16.8 Å². The second-order valence-corrected chi connectivity index (χ2v) is 5.25. The Bertz CT molecular complexity index is 385. The fourth-order valence-electron chi connectivity index (χ4n) is 1.89. The second-order valence-electron chi connectivity index (χ2n) is 5.25. The van der Waals surface area contributed by atoms with E-state index >= 15 is 0 Å². The molecule has 0 amide bonds. The number of amidine groups is 1. The molecule has 4 heteroatoms. The fourth-order valence-corrected chi connectivity index (χ4v) is 1.89. The number of benzene rings is 1. The smallest absolute Gasteiger partial charge is 0.170 e. The summed E-state index contributed by atoms with van der Waals surface area (Å²) >= 11 is 0. The molecule has 0 saturated carbocycles. The van der Waals surface area contributed by atoms with Crippen molar-refractivity contribution in [1.29, 1.82) is 0 Å². The predicted octanol–water partition coefficient (Wildman–Crippen LogP) is 2.70. The van der Waals surface area contributed by atoms with Crippen molar-refractivity contribution in [2.45, 2.75) is 39.7 Å². The van der Waals surface area contributed by atoms with Crippen LogP contribution in [0.25, 0.3) is 0 Å². The van der Waals surface area contributed by atoms with Crippen LogP contribution in [0, 0.1) is 5.92 Å². The third-order valence-electron chi connectivity index (χ3n) is 3.07. The van der Waals surface area contributed by atoms with Gasteiger partial charge in [0.05, 0.1) is 0 Å². The Morgan fingerprint density at radius 3 is 2.53 bits per heavy atom. The summed E-state index contributed by atoms with van der Waals surface area (Å²) in [6, 6.07) is 7.72. The lowest BCUT2D eigenvalue weighted by Gasteiger charge is -2.07. The van der Waals surface area contributed by atoms with Crippen LogP contribution in [0.4, 0.5) is 0 Å². The highest BCUT2D eigenvalue weighted by Gasteiger charge is 1.99. The van der Waals surface area contributed by atoms with Crippen molar-refractivity contribution in [3.63, 3.8) is 0 Å². The van der Waals surface area contributed by atoms with E-state index in [9.17, 15) is 0 Å². The van der Waals surface area contributed by atoms with Gasteiger partial charge in [-0.15, -0.1) is 0 Å². The van der Waals surface area contributed by atoms with E-state index in [1.807, 2.05) is 24.3 Å². The number of rotatable bonds is 8. The maximum Gasteiger partial charge on any atom is 0.170 e. The first-order valence-electron chi connectivity index (χ1n) is 6.91. The highest BCUT2D eigenvalue weighted by Crippen LogP contribution is 2.06. The highest BCUT2D eigenvalue weighted by atomic mass is 16.4. The molecule has 0 saturated heterocycles. The van der Waals surface area contributed by atoms with Gasteiger partial charge in [-0.1, -0.05) is 56.1 Å². The van der Waals surface area contributed by atoms with Crippen LogP contribution in [-0.4, -0.2) is 17.6 Å². The molecule has 0 heterocycles. The molecule has 0 radical (unpaired) electrons. The summed E-state index contributed by atoms with van der Waals surface area (Å²) in [5, 5.41) is 15.0. The van der Waals surface area contributed by atoms with Crippen molar-refractivity contribution in [1.82, 2.24) is 5.32 Å². The molecule has 0 unspecified atom stereocenters. The van der Waals surface area contributed by atoms with Crippen LogP contribution >= 0.6 is 0 Å². The van der Waals surface area contributed by atoms with E-state index in [0.29, 0.717) is 0 Å². The van der Waals surface area contributed by atoms with Gasteiger partial charge in [-0.05, 0) is 24.4 Å². The summed E-state index contributed by atoms with van der Waals surface area (Å²) in [5.41, 5.74) is 7.45. The summed E-state index contributed by atoms with van der Waals surface area (Å²) in [4.78, 5) is 0. The van der Waals surface area contributed by atoms with Gasteiger partial charge in [0.1, 0.15) is 0 Å². The number of nitrogens with two attached hydrogens (primary N) is 1. The molecule has 4 N–H and O–H groups in total. The number of nitrogens with one attached hydrogen (secondary N) is 1. The fraction of sp³-hybridized carbons (Fsp3) is 0.533. The summed E-state index contributed by atoms with van der Waals surface area (Å²) in [6.07, 6.45) is 3.81. The zero-order valence-electron chi connectivity index (χ0n) is 11.9. The second kappa shape index (κ2) is 8.53. The average molecular weight is 263 g/mol. The van der Waals surface area contributed by atoms with E-state index in [-0.39, 0.29) is 5.84 Å². The first kappa shape index (κ1) is 15.5. The topological polar surface area (TPSA) is 70.6 Å². The Kier molecular flexibility index (Phi) is 6.97. The summed E-state index contributed by atoms with van der Waals surface area (Å²) in [6.45, 7) is 6.43. The highest BCUT2D eigenvalue weighted by molar-refractivity contribution is 5.96. The van der Waals surface area contributed by atoms with Gasteiger partial charge in [-0.2, -0.15) is 0 Å². The lowest BCUT2D eigenvalue weighted by atomic mass is 10.1. The predicted molar refractivity (Wildman–Crippen MR) is 79.3 cm³/mol. The number of oxime groups is 1. The Hall–Kier alpha value is -1.55. The monoisotopic (exact) mass is 263 g/mol. The molecular formula is C15H25N3O. The van der Waals surface area contributed by atoms with Crippen molar-refractivity contribution in [2.75, 3.05) is 6.54 Å². The van der Waals surface area contributed by atoms with Gasteiger partial charge in [0.25, 0.3) is 0 Å². The van der Waals surface area contributed by atoms with Gasteiger partial charge in [-0.25, -0.2) is 0 Å². The van der Waals surface area contributed by atoms with Crippen molar-refractivity contribution >= 4 is 5.84 Å². The Balaban J connectivity index is 2.23. The third-order valence-corrected chi connectivity index (χ3v) is 3.07. The number of nitrogens with zero attached hydrogens (tertiary/aromatic N) is 1. The van der Waals surface area contributed by atoms with E-state index < -0.39 is 0 Å². The van der Waals surface area contributed by atoms with Crippen LogP contribution in [0.2, 0.25) is 0 Å². The zero-order chi connectivity index (χ0) is 14.1. The molecule has 0 aromatic heterocycles. The summed E-state index contributed by atoms with van der Waals surface area (Å²) in [7, 11) is 0. The van der Waals surface area contributed by atoms with Crippen molar-refractivity contribution in [3.05, 3.63) is 35.4 Å². The van der Waals surface area contributed by atoms with Crippen LogP contribution in [-0.2, 0) is 6.54 Å². The summed E-state index contributed by atoms with van der Waals surface area (Å²) in [5.74, 6) is 0.944. The van der Waals surface area contributed by atoms with Crippen molar-refractivity contribution < 1.29 is 5.21 Å². The first-order chi connectivity index (χ1) is 9.13. The SMILES string of the molecule is CC(C)CCCCNCc1ccc(/C(N)=N/O)cc1. The minimum atomic E-state index is 0.146. The maximum atomic E-state index is 8.57. The Morgan fingerprint density at radius 1 is 1.26 bits per heavy atom. The molecule has 1 aromatic rings. The number of hydrogen-bond donors (Lipinski definition) is 3. The molecule has 0 bridgehead atoms. The molecule has 1 rings (SSSR count). The molecule has 4 nitrogen and oxygen atoms in total. The molecule has 1 aromatic carbocycles. The summed E-state index contributed by atoms with van der Waals surface area (Å²) < 4.78 is 0. The van der Waals surface area contributed by atoms with Gasteiger partial charge in [0.2, 0.25) is 0 Å². The molecular weight excluding hydrogens is 238 g/mol. The van der Waals surface area contributed by atoms with Crippen LogP contribution < -0.4 is 11.1 Å². The van der Waals surface area contributed by atoms with E-state index in [2.05, 4.69) is 24.3 Å². The van der Waals surface area contributed by atoms with E-state index in [0.717, 1.165) is 24.6 Å². The minimum Gasteiger partial charge on any atom is -0.409 e. The van der Waals surface area contributed by atoms with Gasteiger partial charge in [0, 0.05) is 12.1 Å². The normalized spacial score (nSPS) is 12.1. The van der Waals surface area contributed by atoms with Crippen molar-refractivity contribution in [3.8, 4) is 0 Å². The molecule has 106 valence electrons. The molecule has 0 aliphatic heterocycles. The van der Waals surface area contributed by atoms with Gasteiger partial charge in [-0.3, -0.25) is 0 Å². The van der Waals surface area contributed by atoms with E-state index in [1.54, 1.807) is 0 Å². The maximum absolute atomic E-state index is 8.57. The molecule has 0 aliphatic carbocycles. The first-order valence-corrected chi connectivity index (χ1v) is 6.91. The van der Waals surface area contributed by atoms with Crippen LogP contribution in [0.5, 0.6) is 0 Å². The average Bonchev–Trinajstić information content (AvgIpc) is 2.42. The molecule has 0 aliphatic rings. The molecule has 0 spiro atoms. The molecule has 19 heavy (non-hydrogen) atoms. The quantitative estimate of drug-likeness (QED) is 0.222. The Morgan fingerprint density at radius 2 is 1.95 bits per heavy atom. The van der Waals surface area contributed by atoms with Gasteiger partial charge < -0.3 is 16.3 Å².